The van der Waals surface area contributed by atoms with E-state index in [4.69, 9.17) is 5.14 Å². The van der Waals surface area contributed by atoms with Gasteiger partial charge in [-0.1, -0.05) is 48.5 Å². The number of nitrogens with two attached hydrogens (primary N) is 1. The Balaban J connectivity index is 1.77. The molecule has 0 atom stereocenters. The van der Waals surface area contributed by atoms with Crippen molar-refractivity contribution in [2.24, 2.45) is 5.14 Å². The summed E-state index contributed by atoms with van der Waals surface area (Å²) in [6, 6.07) is 22.6. The summed E-state index contributed by atoms with van der Waals surface area (Å²) in [5.41, 5.74) is 1.27. The quantitative estimate of drug-likeness (QED) is 0.493. The standard InChI is InChI=1S/C22H23N3O5S2/c23-31(27,28)20-13-11-19(12-14-20)24-22(26)17-25(16-15-18-7-3-1-4-8-18)32(29,30)21-9-5-2-6-10-21/h1-14H,15-17H2,(H,24,26)(H2,23,27,28). The first-order chi connectivity index (χ1) is 15.2. The third-order valence-electron chi connectivity index (χ3n) is 4.66. The molecule has 0 heterocycles. The van der Waals surface area contributed by atoms with Gasteiger partial charge < -0.3 is 5.32 Å². The highest BCUT2D eigenvalue weighted by Crippen LogP contribution is 2.17. The number of carbonyl (C=O) groups is 1. The number of primary sulfonamides is 1. The Kier molecular flexibility index (Phi) is 7.41. The summed E-state index contributed by atoms with van der Waals surface area (Å²) in [5.74, 6) is -0.555. The van der Waals surface area contributed by atoms with E-state index in [1.165, 1.54) is 36.4 Å². The second-order valence-electron chi connectivity index (χ2n) is 7.00. The molecule has 0 aromatic heterocycles. The number of sulfonamides is 2. The van der Waals surface area contributed by atoms with Crippen LogP contribution >= 0.6 is 0 Å². The molecule has 3 rings (SSSR count). The molecule has 0 aliphatic carbocycles. The lowest BCUT2D eigenvalue weighted by molar-refractivity contribution is -0.116. The summed E-state index contributed by atoms with van der Waals surface area (Å²) < 4.78 is 50.2. The van der Waals surface area contributed by atoms with Gasteiger partial charge in [-0.25, -0.2) is 22.0 Å². The van der Waals surface area contributed by atoms with Gasteiger partial charge in [0.05, 0.1) is 16.3 Å². The number of carbonyl (C=O) groups excluding carboxylic acids is 1. The maximum absolute atomic E-state index is 13.2. The molecule has 0 saturated carbocycles. The van der Waals surface area contributed by atoms with E-state index in [-0.39, 0.29) is 16.3 Å². The number of hydrogen-bond acceptors (Lipinski definition) is 5. The van der Waals surface area contributed by atoms with Gasteiger partial charge in [-0.2, -0.15) is 4.31 Å². The minimum Gasteiger partial charge on any atom is -0.325 e. The average Bonchev–Trinajstić information content (AvgIpc) is 2.77. The first kappa shape index (κ1) is 23.6. The number of rotatable bonds is 9. The van der Waals surface area contributed by atoms with Crippen molar-refractivity contribution in [3.8, 4) is 0 Å². The maximum Gasteiger partial charge on any atom is 0.243 e. The Morgan fingerprint density at radius 3 is 1.91 bits per heavy atom. The molecule has 3 aromatic rings. The van der Waals surface area contributed by atoms with E-state index in [0.29, 0.717) is 12.1 Å². The Bertz CT molecular complexity index is 1260. The van der Waals surface area contributed by atoms with Crippen LogP contribution in [0.2, 0.25) is 0 Å². The van der Waals surface area contributed by atoms with E-state index in [9.17, 15) is 21.6 Å². The minimum absolute atomic E-state index is 0.0911. The third-order valence-corrected chi connectivity index (χ3v) is 7.45. The number of hydrogen-bond donors (Lipinski definition) is 2. The summed E-state index contributed by atoms with van der Waals surface area (Å²) in [6.07, 6.45) is 0.434. The number of nitrogens with zero attached hydrogens (tertiary/aromatic N) is 1. The summed E-state index contributed by atoms with van der Waals surface area (Å²) in [7, 11) is -7.76. The fraction of sp³-hybridized carbons (Fsp3) is 0.136. The molecule has 0 aliphatic rings. The van der Waals surface area contributed by atoms with Gasteiger partial charge in [0.1, 0.15) is 0 Å². The zero-order chi connectivity index (χ0) is 23.2. The predicted octanol–water partition coefficient (Wildman–Crippen LogP) is 2.21. The lowest BCUT2D eigenvalue weighted by Crippen LogP contribution is -2.39. The van der Waals surface area contributed by atoms with E-state index in [1.54, 1.807) is 18.2 Å². The first-order valence-electron chi connectivity index (χ1n) is 9.68. The molecular weight excluding hydrogens is 450 g/mol. The topological polar surface area (TPSA) is 127 Å². The lowest BCUT2D eigenvalue weighted by Gasteiger charge is -2.22. The van der Waals surface area contributed by atoms with Crippen LogP contribution in [-0.4, -0.2) is 40.1 Å². The van der Waals surface area contributed by atoms with Crippen molar-refractivity contribution in [1.82, 2.24) is 4.31 Å². The van der Waals surface area contributed by atoms with Gasteiger partial charge in [0, 0.05) is 12.2 Å². The van der Waals surface area contributed by atoms with Crippen molar-refractivity contribution in [2.45, 2.75) is 16.2 Å². The second-order valence-corrected chi connectivity index (χ2v) is 10.5. The normalized spacial score (nSPS) is 11.9. The molecule has 0 aliphatic heterocycles. The SMILES string of the molecule is NS(=O)(=O)c1ccc(NC(=O)CN(CCc2ccccc2)S(=O)(=O)c2ccccc2)cc1. The first-order valence-corrected chi connectivity index (χ1v) is 12.7. The van der Waals surface area contributed by atoms with Crippen molar-refractivity contribution >= 4 is 31.6 Å². The largest absolute Gasteiger partial charge is 0.325 e. The molecule has 0 fully saturated rings. The summed E-state index contributed by atoms with van der Waals surface area (Å²) in [6.45, 7) is -0.292. The van der Waals surface area contributed by atoms with Crippen molar-refractivity contribution < 1.29 is 21.6 Å². The Hall–Kier alpha value is -3.05. The molecule has 1 amide bonds. The molecule has 3 aromatic carbocycles. The van der Waals surface area contributed by atoms with Crippen LogP contribution in [0.5, 0.6) is 0 Å². The third kappa shape index (κ3) is 6.24. The monoisotopic (exact) mass is 473 g/mol. The van der Waals surface area contributed by atoms with Gasteiger partial charge in [0.25, 0.3) is 0 Å². The van der Waals surface area contributed by atoms with Crippen molar-refractivity contribution in [3.05, 3.63) is 90.5 Å². The molecule has 10 heteroatoms. The Labute approximate surface area is 187 Å². The zero-order valence-corrected chi connectivity index (χ0v) is 18.7. The molecule has 168 valence electrons. The van der Waals surface area contributed by atoms with Gasteiger partial charge in [0.15, 0.2) is 0 Å². The second kappa shape index (κ2) is 10.0. The van der Waals surface area contributed by atoms with Crippen LogP contribution in [-0.2, 0) is 31.3 Å². The molecule has 0 bridgehead atoms. The minimum atomic E-state index is -3.91. The van der Waals surface area contributed by atoms with E-state index in [0.717, 1.165) is 9.87 Å². The van der Waals surface area contributed by atoms with Crippen molar-refractivity contribution in [1.29, 1.82) is 0 Å². The predicted molar refractivity (Wildman–Crippen MR) is 122 cm³/mol. The van der Waals surface area contributed by atoms with Crippen LogP contribution in [0.3, 0.4) is 0 Å². The average molecular weight is 474 g/mol. The smallest absolute Gasteiger partial charge is 0.243 e. The van der Waals surface area contributed by atoms with E-state index >= 15 is 0 Å². The highest BCUT2D eigenvalue weighted by molar-refractivity contribution is 7.89. The molecule has 32 heavy (non-hydrogen) atoms. The van der Waals surface area contributed by atoms with Crippen LogP contribution in [0, 0.1) is 0 Å². The van der Waals surface area contributed by atoms with E-state index in [2.05, 4.69) is 5.32 Å². The number of nitrogens with one attached hydrogen (secondary N) is 1. The molecular formula is C22H23N3O5S2. The molecule has 0 spiro atoms. The van der Waals surface area contributed by atoms with Crippen LogP contribution < -0.4 is 10.5 Å². The Morgan fingerprint density at radius 2 is 1.34 bits per heavy atom. The van der Waals surface area contributed by atoms with Crippen molar-refractivity contribution in [2.75, 3.05) is 18.4 Å². The highest BCUT2D eigenvalue weighted by Gasteiger charge is 2.26. The summed E-state index contributed by atoms with van der Waals surface area (Å²) in [5, 5.41) is 7.66. The van der Waals surface area contributed by atoms with Crippen LogP contribution in [0.15, 0.2) is 94.7 Å². The fourth-order valence-electron chi connectivity index (χ4n) is 3.01. The van der Waals surface area contributed by atoms with Crippen LogP contribution in [0.25, 0.3) is 0 Å². The molecule has 3 N–H and O–H groups in total. The summed E-state index contributed by atoms with van der Waals surface area (Å²) in [4.78, 5) is 12.6. The van der Waals surface area contributed by atoms with Gasteiger partial charge in [0.2, 0.25) is 26.0 Å². The number of amides is 1. The van der Waals surface area contributed by atoms with Gasteiger partial charge >= 0.3 is 0 Å². The molecule has 0 saturated heterocycles. The van der Waals surface area contributed by atoms with E-state index < -0.39 is 32.5 Å². The maximum atomic E-state index is 13.2. The van der Waals surface area contributed by atoms with Gasteiger partial charge in [-0.3, -0.25) is 4.79 Å². The van der Waals surface area contributed by atoms with Crippen LogP contribution in [0.4, 0.5) is 5.69 Å². The Morgan fingerprint density at radius 1 is 0.781 bits per heavy atom. The zero-order valence-electron chi connectivity index (χ0n) is 17.1. The fourth-order valence-corrected chi connectivity index (χ4v) is 4.95. The van der Waals surface area contributed by atoms with Gasteiger partial charge in [-0.05, 0) is 48.4 Å². The van der Waals surface area contributed by atoms with Crippen LogP contribution in [0.1, 0.15) is 5.56 Å². The molecule has 0 unspecified atom stereocenters. The number of anilines is 1. The summed E-state index contributed by atoms with van der Waals surface area (Å²) >= 11 is 0. The van der Waals surface area contributed by atoms with Gasteiger partial charge in [-0.15, -0.1) is 0 Å². The number of benzene rings is 3. The van der Waals surface area contributed by atoms with Crippen molar-refractivity contribution in [3.63, 3.8) is 0 Å². The van der Waals surface area contributed by atoms with E-state index in [1.807, 2.05) is 30.3 Å². The lowest BCUT2D eigenvalue weighted by atomic mass is 10.1. The molecule has 0 radical (unpaired) electrons. The highest BCUT2D eigenvalue weighted by atomic mass is 32.2. The molecule has 8 nitrogen and oxygen atoms in total.